The molecule has 1 aliphatic heterocycles. The number of rotatable bonds is 0. The fourth-order valence-corrected chi connectivity index (χ4v) is 2.57. The van der Waals surface area contributed by atoms with Crippen molar-refractivity contribution in [1.29, 1.82) is 0 Å². The number of imidazole rings is 1. The van der Waals surface area contributed by atoms with Crippen LogP contribution in [-0.2, 0) is 6.42 Å². The van der Waals surface area contributed by atoms with Gasteiger partial charge in [-0.1, -0.05) is 0 Å². The van der Waals surface area contributed by atoms with Crippen LogP contribution in [0.25, 0.3) is 5.65 Å². The van der Waals surface area contributed by atoms with Crippen LogP contribution in [0.15, 0.2) is 22.8 Å². The van der Waals surface area contributed by atoms with Crippen LogP contribution in [0.5, 0.6) is 0 Å². The number of pyridine rings is 1. The quantitative estimate of drug-likeness (QED) is 0.792. The number of hydrogen-bond donors (Lipinski definition) is 1. The van der Waals surface area contributed by atoms with Crippen LogP contribution < -0.4 is 5.32 Å². The smallest absolute Gasteiger partial charge is 0.137 e. The van der Waals surface area contributed by atoms with Gasteiger partial charge in [-0.15, -0.1) is 0 Å². The number of halogens is 1. The van der Waals surface area contributed by atoms with E-state index in [0.29, 0.717) is 6.04 Å². The molecule has 1 unspecified atom stereocenters. The summed E-state index contributed by atoms with van der Waals surface area (Å²) in [7, 11) is 0. The highest BCUT2D eigenvalue weighted by molar-refractivity contribution is 9.10. The highest BCUT2D eigenvalue weighted by atomic mass is 79.9. The first-order valence-corrected chi connectivity index (χ1v) is 5.95. The van der Waals surface area contributed by atoms with Crippen LogP contribution in [0.4, 0.5) is 0 Å². The Hall–Kier alpha value is -0.870. The van der Waals surface area contributed by atoms with Crippen molar-refractivity contribution in [1.82, 2.24) is 14.7 Å². The van der Waals surface area contributed by atoms with Crippen LogP contribution in [-0.4, -0.2) is 15.9 Å². The Bertz CT molecular complexity index is 518. The van der Waals surface area contributed by atoms with Crippen molar-refractivity contribution in [2.24, 2.45) is 0 Å². The highest BCUT2D eigenvalue weighted by Crippen LogP contribution is 2.25. The summed E-state index contributed by atoms with van der Waals surface area (Å²) in [6.45, 7) is 3.21. The van der Waals surface area contributed by atoms with E-state index in [9.17, 15) is 0 Å². The SMILES string of the molecule is CC1NCCc2nc3ccc(Br)cn3c21. The lowest BCUT2D eigenvalue weighted by Crippen LogP contribution is -2.28. The molecule has 0 aliphatic carbocycles. The largest absolute Gasteiger partial charge is 0.308 e. The third-order valence-electron chi connectivity index (χ3n) is 2.92. The van der Waals surface area contributed by atoms with Gasteiger partial charge in [0.15, 0.2) is 0 Å². The van der Waals surface area contributed by atoms with Gasteiger partial charge in [0.25, 0.3) is 0 Å². The third-order valence-corrected chi connectivity index (χ3v) is 3.39. The summed E-state index contributed by atoms with van der Waals surface area (Å²) in [5.41, 5.74) is 3.58. The molecule has 0 radical (unpaired) electrons. The lowest BCUT2D eigenvalue weighted by molar-refractivity contribution is 0.521. The minimum absolute atomic E-state index is 0.387. The summed E-state index contributed by atoms with van der Waals surface area (Å²) >= 11 is 3.50. The summed E-state index contributed by atoms with van der Waals surface area (Å²) < 4.78 is 3.27. The Morgan fingerprint density at radius 2 is 2.40 bits per heavy atom. The molecule has 0 saturated carbocycles. The zero-order valence-corrected chi connectivity index (χ0v) is 10.1. The van der Waals surface area contributed by atoms with Crippen molar-refractivity contribution < 1.29 is 0 Å². The van der Waals surface area contributed by atoms with Crippen molar-refractivity contribution in [3.63, 3.8) is 0 Å². The van der Waals surface area contributed by atoms with E-state index >= 15 is 0 Å². The Labute approximate surface area is 96.6 Å². The lowest BCUT2D eigenvalue weighted by Gasteiger charge is -2.20. The van der Waals surface area contributed by atoms with Gasteiger partial charge in [0.05, 0.1) is 11.4 Å². The molecule has 0 amide bonds. The standard InChI is InChI=1S/C11H12BrN3/c1-7-11-9(4-5-13-7)14-10-3-2-8(12)6-15(10)11/h2-3,6-7,13H,4-5H2,1H3. The number of aromatic nitrogens is 2. The van der Waals surface area contributed by atoms with Gasteiger partial charge >= 0.3 is 0 Å². The van der Waals surface area contributed by atoms with Crippen LogP contribution in [0, 0.1) is 0 Å². The second-order valence-electron chi connectivity index (χ2n) is 3.95. The summed E-state index contributed by atoms with van der Waals surface area (Å²) in [6, 6.07) is 4.47. The van der Waals surface area contributed by atoms with E-state index in [-0.39, 0.29) is 0 Å². The number of nitrogens with zero attached hydrogens (tertiary/aromatic N) is 2. The van der Waals surface area contributed by atoms with E-state index in [1.165, 1.54) is 11.4 Å². The Morgan fingerprint density at radius 3 is 3.27 bits per heavy atom. The van der Waals surface area contributed by atoms with Crippen LogP contribution in [0.3, 0.4) is 0 Å². The molecule has 0 fully saturated rings. The van der Waals surface area contributed by atoms with Crippen molar-refractivity contribution in [2.75, 3.05) is 6.54 Å². The van der Waals surface area contributed by atoms with E-state index in [4.69, 9.17) is 0 Å². The molecule has 0 bridgehead atoms. The fraction of sp³-hybridized carbons (Fsp3) is 0.364. The fourth-order valence-electron chi connectivity index (χ4n) is 2.23. The maximum atomic E-state index is 4.65. The van der Waals surface area contributed by atoms with Gasteiger partial charge < -0.3 is 9.72 Å². The molecule has 2 aromatic heterocycles. The molecule has 1 atom stereocenters. The molecule has 15 heavy (non-hydrogen) atoms. The maximum absolute atomic E-state index is 4.65. The van der Waals surface area contributed by atoms with Crippen LogP contribution in [0.1, 0.15) is 24.4 Å². The molecular formula is C11H12BrN3. The zero-order chi connectivity index (χ0) is 10.4. The molecule has 3 nitrogen and oxygen atoms in total. The summed E-state index contributed by atoms with van der Waals surface area (Å²) in [5.74, 6) is 0. The first-order chi connectivity index (χ1) is 7.25. The van der Waals surface area contributed by atoms with E-state index in [2.05, 4.69) is 49.8 Å². The van der Waals surface area contributed by atoms with Crippen molar-refractivity contribution in [2.45, 2.75) is 19.4 Å². The van der Waals surface area contributed by atoms with Gasteiger partial charge in [-0.05, 0) is 35.0 Å². The molecule has 1 aliphatic rings. The van der Waals surface area contributed by atoms with Gasteiger partial charge in [-0.3, -0.25) is 0 Å². The average molecular weight is 266 g/mol. The molecule has 4 heteroatoms. The molecule has 0 aromatic carbocycles. The predicted octanol–water partition coefficient (Wildman–Crippen LogP) is 2.30. The van der Waals surface area contributed by atoms with Crippen molar-refractivity contribution in [3.05, 3.63) is 34.2 Å². The molecule has 78 valence electrons. The molecular weight excluding hydrogens is 254 g/mol. The van der Waals surface area contributed by atoms with Crippen molar-refractivity contribution >= 4 is 21.6 Å². The topological polar surface area (TPSA) is 29.3 Å². The normalized spacial score (nSPS) is 20.5. The van der Waals surface area contributed by atoms with E-state index in [0.717, 1.165) is 23.1 Å². The lowest BCUT2D eigenvalue weighted by atomic mass is 10.1. The molecule has 0 spiro atoms. The highest BCUT2D eigenvalue weighted by Gasteiger charge is 2.21. The zero-order valence-electron chi connectivity index (χ0n) is 8.50. The van der Waals surface area contributed by atoms with E-state index in [1.807, 2.05) is 6.07 Å². The summed E-state index contributed by atoms with van der Waals surface area (Å²) in [4.78, 5) is 4.65. The molecule has 2 aromatic rings. The number of nitrogens with one attached hydrogen (secondary N) is 1. The number of fused-ring (bicyclic) bond motifs is 3. The number of hydrogen-bond acceptors (Lipinski definition) is 2. The first kappa shape index (κ1) is 9.36. The maximum Gasteiger partial charge on any atom is 0.137 e. The second kappa shape index (κ2) is 3.32. The third kappa shape index (κ3) is 1.40. The minimum Gasteiger partial charge on any atom is -0.308 e. The monoisotopic (exact) mass is 265 g/mol. The van der Waals surface area contributed by atoms with Gasteiger partial charge in [0, 0.05) is 29.7 Å². The molecule has 0 saturated heterocycles. The van der Waals surface area contributed by atoms with Crippen molar-refractivity contribution in [3.8, 4) is 0 Å². The first-order valence-electron chi connectivity index (χ1n) is 5.15. The summed E-state index contributed by atoms with van der Waals surface area (Å²) in [6.07, 6.45) is 3.11. The summed E-state index contributed by atoms with van der Waals surface area (Å²) in [5, 5.41) is 3.46. The molecule has 1 N–H and O–H groups in total. The minimum atomic E-state index is 0.387. The van der Waals surface area contributed by atoms with Gasteiger partial charge in [0.1, 0.15) is 5.65 Å². The van der Waals surface area contributed by atoms with E-state index < -0.39 is 0 Å². The average Bonchev–Trinajstić information content (AvgIpc) is 2.57. The van der Waals surface area contributed by atoms with Gasteiger partial charge in [-0.25, -0.2) is 4.98 Å². The molecule has 3 rings (SSSR count). The Balaban J connectivity index is 2.33. The Morgan fingerprint density at radius 1 is 1.53 bits per heavy atom. The molecule has 3 heterocycles. The van der Waals surface area contributed by atoms with E-state index in [1.54, 1.807) is 0 Å². The Kier molecular flexibility index (Phi) is 2.07. The van der Waals surface area contributed by atoms with Gasteiger partial charge in [-0.2, -0.15) is 0 Å². The predicted molar refractivity (Wildman–Crippen MR) is 63.0 cm³/mol. The van der Waals surface area contributed by atoms with Crippen LogP contribution in [0.2, 0.25) is 0 Å². The second-order valence-corrected chi connectivity index (χ2v) is 4.86. The van der Waals surface area contributed by atoms with Gasteiger partial charge in [0.2, 0.25) is 0 Å². The van der Waals surface area contributed by atoms with Crippen LogP contribution >= 0.6 is 15.9 Å².